The van der Waals surface area contributed by atoms with Crippen molar-refractivity contribution in [2.75, 3.05) is 7.05 Å². The van der Waals surface area contributed by atoms with Crippen LogP contribution in [0.25, 0.3) is 0 Å². The fourth-order valence-electron chi connectivity index (χ4n) is 1.15. The van der Waals surface area contributed by atoms with Crippen molar-refractivity contribution in [2.45, 2.75) is 19.5 Å². The summed E-state index contributed by atoms with van der Waals surface area (Å²) in [6, 6.07) is -0.0494. The first kappa shape index (κ1) is 10.7. The largest absolute Gasteiger partial charge is 0.386 e. The van der Waals surface area contributed by atoms with E-state index in [9.17, 15) is 0 Å². The fourth-order valence-corrected chi connectivity index (χ4v) is 1.15. The summed E-state index contributed by atoms with van der Waals surface area (Å²) in [5, 5.41) is 7.32. The number of nitrogens with zero attached hydrogens (tertiary/aromatic N) is 3. The highest BCUT2D eigenvalue weighted by Crippen LogP contribution is 2.03. The van der Waals surface area contributed by atoms with E-state index in [-0.39, 0.29) is 11.9 Å². The summed E-state index contributed by atoms with van der Waals surface area (Å²) in [5.74, 6) is 1.15. The molecule has 0 saturated heterocycles. The third-order valence-corrected chi connectivity index (χ3v) is 2.42. The number of amidine groups is 1. The molecule has 0 spiro atoms. The van der Waals surface area contributed by atoms with E-state index in [4.69, 9.17) is 11.1 Å². The average Bonchev–Trinajstić information content (AvgIpc) is 2.50. The summed E-state index contributed by atoms with van der Waals surface area (Å²) < 4.78 is 1.96. The molecule has 1 atom stereocenters. The van der Waals surface area contributed by atoms with E-state index in [1.54, 1.807) is 6.20 Å². The highest BCUT2D eigenvalue weighted by Gasteiger charge is 2.13. The first-order valence-corrected chi connectivity index (χ1v) is 4.52. The van der Waals surface area contributed by atoms with Crippen LogP contribution in [0.3, 0.4) is 0 Å². The van der Waals surface area contributed by atoms with Gasteiger partial charge in [0.15, 0.2) is 0 Å². The Balaban J connectivity index is 2.61. The number of imidazole rings is 1. The van der Waals surface area contributed by atoms with Gasteiger partial charge in [0.2, 0.25) is 0 Å². The molecule has 3 N–H and O–H groups in total. The molecule has 1 heterocycles. The van der Waals surface area contributed by atoms with E-state index in [0.29, 0.717) is 6.54 Å². The molecule has 0 aliphatic carbocycles. The predicted octanol–water partition coefficient (Wildman–Crippen LogP) is 0.176. The van der Waals surface area contributed by atoms with E-state index in [1.807, 2.05) is 36.7 Å². The van der Waals surface area contributed by atoms with E-state index in [1.165, 1.54) is 0 Å². The van der Waals surface area contributed by atoms with E-state index in [0.717, 1.165) is 5.82 Å². The number of aromatic nitrogens is 2. The molecule has 0 saturated carbocycles. The second kappa shape index (κ2) is 4.23. The number of likely N-dealkylation sites (N-methyl/N-ethyl adjacent to an activating group) is 1. The minimum Gasteiger partial charge on any atom is -0.386 e. The second-order valence-corrected chi connectivity index (χ2v) is 3.50. The fraction of sp³-hybridized carbons (Fsp3) is 0.556. The minimum absolute atomic E-state index is 0.0494. The summed E-state index contributed by atoms with van der Waals surface area (Å²) >= 11 is 0. The van der Waals surface area contributed by atoms with Crippen molar-refractivity contribution in [2.24, 2.45) is 12.8 Å². The molecule has 0 aliphatic heterocycles. The molecule has 1 rings (SSSR count). The Bertz CT molecular complexity index is 317. The van der Waals surface area contributed by atoms with Gasteiger partial charge in [-0.2, -0.15) is 0 Å². The van der Waals surface area contributed by atoms with Gasteiger partial charge < -0.3 is 10.3 Å². The second-order valence-electron chi connectivity index (χ2n) is 3.50. The molecule has 1 aromatic heterocycles. The van der Waals surface area contributed by atoms with Gasteiger partial charge in [-0.05, 0) is 14.0 Å². The van der Waals surface area contributed by atoms with E-state index in [2.05, 4.69) is 4.98 Å². The zero-order valence-electron chi connectivity index (χ0n) is 8.86. The lowest BCUT2D eigenvalue weighted by Crippen LogP contribution is -2.39. The summed E-state index contributed by atoms with van der Waals surface area (Å²) in [4.78, 5) is 6.20. The van der Waals surface area contributed by atoms with Gasteiger partial charge in [0.05, 0.1) is 12.6 Å². The van der Waals surface area contributed by atoms with Crippen LogP contribution in [-0.2, 0) is 13.6 Å². The Morgan fingerprint density at radius 3 is 2.86 bits per heavy atom. The third kappa shape index (κ3) is 2.32. The number of aryl methyl sites for hydroxylation is 1. The predicted molar refractivity (Wildman–Crippen MR) is 56.1 cm³/mol. The van der Waals surface area contributed by atoms with Crippen LogP contribution in [-0.4, -0.2) is 33.4 Å². The molecule has 0 amide bonds. The molecule has 5 heteroatoms. The van der Waals surface area contributed by atoms with E-state index >= 15 is 0 Å². The first-order chi connectivity index (χ1) is 6.52. The van der Waals surface area contributed by atoms with Crippen LogP contribution in [0.1, 0.15) is 12.7 Å². The summed E-state index contributed by atoms with van der Waals surface area (Å²) in [6.45, 7) is 2.61. The van der Waals surface area contributed by atoms with E-state index < -0.39 is 0 Å². The molecule has 0 aliphatic rings. The molecule has 0 radical (unpaired) electrons. The van der Waals surface area contributed by atoms with Crippen LogP contribution in [0.15, 0.2) is 12.4 Å². The lowest BCUT2D eigenvalue weighted by Gasteiger charge is -2.22. The molecular formula is C9H17N5. The molecule has 0 aromatic carbocycles. The summed E-state index contributed by atoms with van der Waals surface area (Å²) in [7, 11) is 3.88. The van der Waals surface area contributed by atoms with Gasteiger partial charge in [0.25, 0.3) is 0 Å². The zero-order valence-corrected chi connectivity index (χ0v) is 8.86. The Morgan fingerprint density at radius 1 is 1.79 bits per heavy atom. The van der Waals surface area contributed by atoms with Crippen molar-refractivity contribution in [1.29, 1.82) is 5.41 Å². The van der Waals surface area contributed by atoms with Crippen molar-refractivity contribution in [3.63, 3.8) is 0 Å². The molecule has 1 unspecified atom stereocenters. The third-order valence-electron chi connectivity index (χ3n) is 2.42. The molecule has 1 aromatic rings. The lowest BCUT2D eigenvalue weighted by molar-refractivity contribution is 0.290. The number of nitrogens with one attached hydrogen (secondary N) is 1. The first-order valence-electron chi connectivity index (χ1n) is 4.52. The maximum Gasteiger partial charge on any atom is 0.122 e. The lowest BCUT2D eigenvalue weighted by atomic mass is 10.3. The number of rotatable bonds is 4. The highest BCUT2D eigenvalue weighted by atomic mass is 15.2. The van der Waals surface area contributed by atoms with Gasteiger partial charge in [0, 0.05) is 19.4 Å². The molecule has 14 heavy (non-hydrogen) atoms. The smallest absolute Gasteiger partial charge is 0.122 e. The average molecular weight is 195 g/mol. The van der Waals surface area contributed by atoms with Crippen LogP contribution >= 0.6 is 0 Å². The van der Waals surface area contributed by atoms with Crippen molar-refractivity contribution in [3.8, 4) is 0 Å². The molecule has 5 nitrogen and oxygen atoms in total. The SMILES string of the molecule is CC(C(=N)N)N(C)Cc1nccn1C. The van der Waals surface area contributed by atoms with Crippen molar-refractivity contribution < 1.29 is 0 Å². The monoisotopic (exact) mass is 195 g/mol. The highest BCUT2D eigenvalue weighted by molar-refractivity contribution is 5.82. The Labute approximate surface area is 84.0 Å². The Kier molecular flexibility index (Phi) is 3.24. The maximum atomic E-state index is 7.32. The van der Waals surface area contributed by atoms with Crippen LogP contribution < -0.4 is 5.73 Å². The van der Waals surface area contributed by atoms with Gasteiger partial charge in [0.1, 0.15) is 11.7 Å². The van der Waals surface area contributed by atoms with Crippen LogP contribution in [0.5, 0.6) is 0 Å². The van der Waals surface area contributed by atoms with Gasteiger partial charge in [-0.25, -0.2) is 4.98 Å². The molecule has 0 bridgehead atoms. The zero-order chi connectivity index (χ0) is 10.7. The molecule has 78 valence electrons. The normalized spacial score (nSPS) is 13.1. The van der Waals surface area contributed by atoms with Crippen molar-refractivity contribution in [1.82, 2.24) is 14.5 Å². The van der Waals surface area contributed by atoms with Gasteiger partial charge in [-0.15, -0.1) is 0 Å². The minimum atomic E-state index is -0.0494. The number of hydrogen-bond acceptors (Lipinski definition) is 3. The Hall–Kier alpha value is -1.36. The van der Waals surface area contributed by atoms with Gasteiger partial charge in [-0.1, -0.05) is 0 Å². The topological polar surface area (TPSA) is 70.9 Å². The van der Waals surface area contributed by atoms with Gasteiger partial charge in [-0.3, -0.25) is 10.3 Å². The summed E-state index contributed by atoms with van der Waals surface area (Å²) in [5.41, 5.74) is 5.42. The quantitative estimate of drug-likeness (QED) is 0.531. The Morgan fingerprint density at radius 2 is 2.43 bits per heavy atom. The number of hydrogen-bond donors (Lipinski definition) is 2. The van der Waals surface area contributed by atoms with Crippen LogP contribution in [0.2, 0.25) is 0 Å². The standard InChI is InChI=1S/C9H17N5/c1-7(9(10)11)14(3)6-8-12-4-5-13(8)2/h4-5,7H,6H2,1-3H3,(H3,10,11). The van der Waals surface area contributed by atoms with Crippen LogP contribution in [0, 0.1) is 5.41 Å². The number of nitrogens with two attached hydrogens (primary N) is 1. The van der Waals surface area contributed by atoms with Crippen molar-refractivity contribution in [3.05, 3.63) is 18.2 Å². The summed E-state index contributed by atoms with van der Waals surface area (Å²) in [6.07, 6.45) is 3.67. The van der Waals surface area contributed by atoms with Crippen LogP contribution in [0.4, 0.5) is 0 Å². The molecular weight excluding hydrogens is 178 g/mol. The van der Waals surface area contributed by atoms with Gasteiger partial charge >= 0.3 is 0 Å². The van der Waals surface area contributed by atoms with Crippen molar-refractivity contribution >= 4 is 5.84 Å². The maximum absolute atomic E-state index is 7.32. The molecule has 0 fully saturated rings.